The second kappa shape index (κ2) is 13.0. The van der Waals surface area contributed by atoms with Crippen molar-refractivity contribution in [3.63, 3.8) is 0 Å². The van der Waals surface area contributed by atoms with Crippen LogP contribution < -0.4 is 14.2 Å². The molecule has 11 heteroatoms. The van der Waals surface area contributed by atoms with E-state index in [0.29, 0.717) is 47.7 Å². The van der Waals surface area contributed by atoms with E-state index in [4.69, 9.17) is 14.2 Å². The van der Waals surface area contributed by atoms with Crippen molar-refractivity contribution in [2.45, 2.75) is 18.1 Å². The largest absolute Gasteiger partial charge is 0.497 e. The molecule has 1 aromatic heterocycles. The highest BCUT2D eigenvalue weighted by Gasteiger charge is 2.31. The Kier molecular flexibility index (Phi) is 8.97. The minimum absolute atomic E-state index is 0.0246. The van der Waals surface area contributed by atoms with Gasteiger partial charge in [0.25, 0.3) is 5.91 Å². The number of aromatic nitrogens is 3. The minimum atomic E-state index is -0.146. The lowest BCUT2D eigenvalue weighted by molar-refractivity contribution is -0.130. The maximum atomic E-state index is 13.3. The van der Waals surface area contributed by atoms with Crippen molar-refractivity contribution in [1.29, 1.82) is 0 Å². The molecule has 4 aromatic rings. The summed E-state index contributed by atoms with van der Waals surface area (Å²) in [4.78, 5) is 30.2. The standard InChI is InChI=1S/C31H33N5O5S/c1-21-19-34(16-17-35(21)30(38)26-10-5-6-11-27(26)41-4)28(37)20-42-31-33-32-29(22-8-7-9-25(18-22)40-3)36(31)23-12-14-24(39-2)15-13-23/h5-15,18,21H,16-17,19-20H2,1-4H3. The molecule has 1 aliphatic rings. The maximum absolute atomic E-state index is 13.3. The van der Waals surface area contributed by atoms with E-state index in [1.807, 2.05) is 72.2 Å². The zero-order valence-corrected chi connectivity index (χ0v) is 24.8. The van der Waals surface area contributed by atoms with Gasteiger partial charge in [0.05, 0.1) is 32.6 Å². The molecule has 2 heterocycles. The van der Waals surface area contributed by atoms with Gasteiger partial charge < -0.3 is 24.0 Å². The fourth-order valence-electron chi connectivity index (χ4n) is 4.96. The summed E-state index contributed by atoms with van der Waals surface area (Å²) in [6, 6.07) is 22.3. The lowest BCUT2D eigenvalue weighted by atomic mass is 10.1. The number of hydrogen-bond acceptors (Lipinski definition) is 8. The fourth-order valence-corrected chi connectivity index (χ4v) is 5.81. The van der Waals surface area contributed by atoms with Gasteiger partial charge in [0.15, 0.2) is 11.0 Å². The highest BCUT2D eigenvalue weighted by molar-refractivity contribution is 7.99. The third kappa shape index (κ3) is 6.06. The number of hydrogen-bond donors (Lipinski definition) is 0. The van der Waals surface area contributed by atoms with E-state index in [1.54, 1.807) is 43.3 Å². The van der Waals surface area contributed by atoms with Gasteiger partial charge in [0.2, 0.25) is 5.91 Å². The number of piperazine rings is 1. The van der Waals surface area contributed by atoms with Gasteiger partial charge in [0.1, 0.15) is 17.2 Å². The Morgan fingerprint density at radius 2 is 1.64 bits per heavy atom. The Hall–Kier alpha value is -4.51. The van der Waals surface area contributed by atoms with Crippen molar-refractivity contribution in [3.05, 3.63) is 78.4 Å². The molecular formula is C31H33N5O5S. The van der Waals surface area contributed by atoms with Crippen molar-refractivity contribution >= 4 is 23.6 Å². The lowest BCUT2D eigenvalue weighted by Crippen LogP contribution is -2.55. The van der Waals surface area contributed by atoms with Gasteiger partial charge in [-0.3, -0.25) is 14.2 Å². The Morgan fingerprint density at radius 1 is 0.881 bits per heavy atom. The summed E-state index contributed by atoms with van der Waals surface area (Å²) in [5.41, 5.74) is 2.19. The number of rotatable bonds is 9. The minimum Gasteiger partial charge on any atom is -0.497 e. The number of methoxy groups -OCH3 is 3. The van der Waals surface area contributed by atoms with Gasteiger partial charge in [0, 0.05) is 36.9 Å². The average molecular weight is 588 g/mol. The number of carbonyl (C=O) groups excluding carboxylic acids is 2. The Balaban J connectivity index is 1.31. The number of para-hydroxylation sites is 1. The molecule has 42 heavy (non-hydrogen) atoms. The zero-order chi connectivity index (χ0) is 29.6. The summed E-state index contributed by atoms with van der Waals surface area (Å²) >= 11 is 1.33. The first-order chi connectivity index (χ1) is 20.4. The van der Waals surface area contributed by atoms with Crippen LogP contribution >= 0.6 is 11.8 Å². The Morgan fingerprint density at radius 3 is 2.36 bits per heavy atom. The normalized spacial score (nSPS) is 14.9. The van der Waals surface area contributed by atoms with Gasteiger partial charge in [-0.2, -0.15) is 0 Å². The number of amides is 2. The molecule has 5 rings (SSSR count). The first kappa shape index (κ1) is 29.0. The van der Waals surface area contributed by atoms with Gasteiger partial charge in [-0.25, -0.2) is 0 Å². The summed E-state index contributed by atoms with van der Waals surface area (Å²) in [5, 5.41) is 9.52. The molecule has 218 valence electrons. The van der Waals surface area contributed by atoms with Crippen molar-refractivity contribution in [2.24, 2.45) is 0 Å². The van der Waals surface area contributed by atoms with E-state index in [9.17, 15) is 9.59 Å². The molecule has 0 aliphatic carbocycles. The second-order valence-electron chi connectivity index (χ2n) is 9.75. The smallest absolute Gasteiger partial charge is 0.257 e. The highest BCUT2D eigenvalue weighted by atomic mass is 32.2. The van der Waals surface area contributed by atoms with Crippen molar-refractivity contribution in [2.75, 3.05) is 46.7 Å². The first-order valence-corrected chi connectivity index (χ1v) is 14.5. The van der Waals surface area contributed by atoms with Crippen molar-refractivity contribution < 1.29 is 23.8 Å². The molecule has 2 amide bonds. The second-order valence-corrected chi connectivity index (χ2v) is 10.7. The van der Waals surface area contributed by atoms with E-state index in [1.165, 1.54) is 11.8 Å². The van der Waals surface area contributed by atoms with E-state index in [2.05, 4.69) is 10.2 Å². The van der Waals surface area contributed by atoms with E-state index in [-0.39, 0.29) is 23.6 Å². The van der Waals surface area contributed by atoms with Crippen LogP contribution in [-0.4, -0.2) is 89.1 Å². The van der Waals surface area contributed by atoms with Crippen LogP contribution in [-0.2, 0) is 4.79 Å². The SMILES string of the molecule is COc1ccc(-n2c(SCC(=O)N3CCN(C(=O)c4ccccc4OC)C(C)C3)nnc2-c2cccc(OC)c2)cc1. The molecule has 0 radical (unpaired) electrons. The van der Waals surface area contributed by atoms with Gasteiger partial charge >= 0.3 is 0 Å². The quantitative estimate of drug-likeness (QED) is 0.266. The van der Waals surface area contributed by atoms with Crippen molar-refractivity contribution in [3.8, 4) is 34.3 Å². The average Bonchev–Trinajstić information content (AvgIpc) is 3.47. The van der Waals surface area contributed by atoms with Crippen LogP contribution in [0.25, 0.3) is 17.1 Å². The van der Waals surface area contributed by atoms with Crippen LogP contribution in [0.1, 0.15) is 17.3 Å². The topological polar surface area (TPSA) is 99.0 Å². The predicted octanol–water partition coefficient (Wildman–Crippen LogP) is 4.43. The molecule has 0 N–H and O–H groups in total. The van der Waals surface area contributed by atoms with Crippen molar-refractivity contribution in [1.82, 2.24) is 24.6 Å². The summed E-state index contributed by atoms with van der Waals surface area (Å²) in [6.07, 6.45) is 0. The number of ether oxygens (including phenoxy) is 3. The Labute approximate surface area is 249 Å². The molecule has 0 bridgehead atoms. The molecule has 1 atom stereocenters. The van der Waals surface area contributed by atoms with Crippen LogP contribution in [0.15, 0.2) is 78.0 Å². The van der Waals surface area contributed by atoms with E-state index in [0.717, 1.165) is 17.0 Å². The number of carbonyl (C=O) groups is 2. The van der Waals surface area contributed by atoms with Crippen LogP contribution in [0.4, 0.5) is 0 Å². The van der Waals surface area contributed by atoms with E-state index >= 15 is 0 Å². The summed E-state index contributed by atoms with van der Waals surface area (Å²) in [7, 11) is 4.80. The van der Waals surface area contributed by atoms with Gasteiger partial charge in [-0.15, -0.1) is 10.2 Å². The zero-order valence-electron chi connectivity index (χ0n) is 24.0. The molecule has 0 spiro atoms. The third-order valence-electron chi connectivity index (χ3n) is 7.20. The third-order valence-corrected chi connectivity index (χ3v) is 8.11. The summed E-state index contributed by atoms with van der Waals surface area (Å²) < 4.78 is 18.1. The van der Waals surface area contributed by atoms with Gasteiger partial charge in [-0.1, -0.05) is 36.0 Å². The molecule has 0 saturated carbocycles. The molecule has 1 aliphatic heterocycles. The predicted molar refractivity (Wildman–Crippen MR) is 161 cm³/mol. The summed E-state index contributed by atoms with van der Waals surface area (Å²) in [6.45, 7) is 3.29. The summed E-state index contributed by atoms with van der Waals surface area (Å²) in [5.74, 6) is 2.67. The lowest BCUT2D eigenvalue weighted by Gasteiger charge is -2.40. The van der Waals surface area contributed by atoms with Crippen LogP contribution in [0.5, 0.6) is 17.2 Å². The van der Waals surface area contributed by atoms with Crippen LogP contribution in [0.3, 0.4) is 0 Å². The van der Waals surface area contributed by atoms with Crippen LogP contribution in [0, 0.1) is 0 Å². The molecular weight excluding hydrogens is 554 g/mol. The fraction of sp³-hybridized carbons (Fsp3) is 0.290. The van der Waals surface area contributed by atoms with Crippen LogP contribution in [0.2, 0.25) is 0 Å². The molecule has 1 unspecified atom stereocenters. The first-order valence-electron chi connectivity index (χ1n) is 13.5. The Bertz CT molecular complexity index is 1560. The number of thioether (sulfide) groups is 1. The highest BCUT2D eigenvalue weighted by Crippen LogP contribution is 2.31. The molecule has 1 fully saturated rings. The maximum Gasteiger partial charge on any atom is 0.257 e. The number of benzene rings is 3. The molecule has 3 aromatic carbocycles. The van der Waals surface area contributed by atoms with Gasteiger partial charge in [-0.05, 0) is 55.5 Å². The monoisotopic (exact) mass is 587 g/mol. The molecule has 1 saturated heterocycles. The number of nitrogens with zero attached hydrogens (tertiary/aromatic N) is 5. The molecule has 10 nitrogen and oxygen atoms in total. The van der Waals surface area contributed by atoms with E-state index < -0.39 is 0 Å².